The minimum atomic E-state index is -1.14. The molecule has 140 valence electrons. The van der Waals surface area contributed by atoms with Gasteiger partial charge < -0.3 is 5.11 Å². The third kappa shape index (κ3) is 3.16. The number of hydrogen-bond acceptors (Lipinski definition) is 5. The maximum Gasteiger partial charge on any atom is 0.377 e. The number of aryl methyl sites for hydroxylation is 1. The average Bonchev–Trinajstić information content (AvgIpc) is 3.00. The number of carbonyl (C=O) groups excluding carboxylic acids is 1. The van der Waals surface area contributed by atoms with E-state index in [4.69, 9.17) is 0 Å². The number of benzene rings is 2. The molecule has 0 saturated carbocycles. The molecule has 0 aliphatic rings. The van der Waals surface area contributed by atoms with Crippen LogP contribution in [0.15, 0.2) is 41.2 Å². The minimum absolute atomic E-state index is 0.100. The molecule has 0 fully saturated rings. The van der Waals surface area contributed by atoms with Crippen molar-refractivity contribution in [3.8, 4) is 11.4 Å². The minimum Gasteiger partial charge on any atom is -0.506 e. The van der Waals surface area contributed by atoms with E-state index in [1.165, 1.54) is 6.07 Å². The predicted molar refractivity (Wildman–Crippen MR) is 92.2 cm³/mol. The summed E-state index contributed by atoms with van der Waals surface area (Å²) >= 11 is 0. The summed E-state index contributed by atoms with van der Waals surface area (Å²) in [5.74, 6) is -2.23. The van der Waals surface area contributed by atoms with Crippen LogP contribution in [0.3, 0.4) is 0 Å². The Kier molecular flexibility index (Phi) is 4.72. The normalized spacial score (nSPS) is 10.8. The van der Waals surface area contributed by atoms with Gasteiger partial charge in [-0.05, 0) is 54.1 Å². The van der Waals surface area contributed by atoms with Crippen molar-refractivity contribution in [2.45, 2.75) is 13.8 Å². The van der Waals surface area contributed by atoms with Gasteiger partial charge in [0, 0.05) is 6.54 Å². The first-order valence-corrected chi connectivity index (χ1v) is 7.96. The van der Waals surface area contributed by atoms with Gasteiger partial charge in [0.2, 0.25) is 0 Å². The largest absolute Gasteiger partial charge is 0.506 e. The number of phenols is 1. The quantitative estimate of drug-likeness (QED) is 0.709. The third-order valence-corrected chi connectivity index (χ3v) is 3.88. The van der Waals surface area contributed by atoms with Crippen molar-refractivity contribution >= 4 is 11.7 Å². The lowest BCUT2D eigenvalue weighted by Crippen LogP contribution is -2.41. The first-order chi connectivity index (χ1) is 12.8. The fourth-order valence-corrected chi connectivity index (χ4v) is 2.57. The second-order valence-electron chi connectivity index (χ2n) is 5.67. The molecule has 8 nitrogen and oxygen atoms in total. The molecule has 1 aromatic heterocycles. The van der Waals surface area contributed by atoms with E-state index < -0.39 is 29.0 Å². The Bertz CT molecular complexity index is 1060. The van der Waals surface area contributed by atoms with Crippen LogP contribution in [0.4, 0.5) is 19.3 Å². The Labute approximate surface area is 151 Å². The number of para-hydroxylation sites is 1. The zero-order chi connectivity index (χ0) is 19.7. The number of nitrogens with zero attached hydrogens (tertiary/aromatic N) is 5. The lowest BCUT2D eigenvalue weighted by Gasteiger charge is -2.21. The van der Waals surface area contributed by atoms with Crippen LogP contribution >= 0.6 is 0 Å². The van der Waals surface area contributed by atoms with Crippen molar-refractivity contribution < 1.29 is 18.7 Å². The summed E-state index contributed by atoms with van der Waals surface area (Å²) in [4.78, 5) is 26.3. The molecule has 0 aliphatic carbocycles. The molecule has 10 heteroatoms. The Hall–Kier alpha value is -3.56. The van der Waals surface area contributed by atoms with Crippen LogP contribution in [0, 0.1) is 18.6 Å². The molecule has 0 spiro atoms. The average molecular weight is 375 g/mol. The lowest BCUT2D eigenvalue weighted by atomic mass is 10.2. The second kappa shape index (κ2) is 6.98. The molecule has 2 aromatic carbocycles. The molecule has 0 saturated heterocycles. The van der Waals surface area contributed by atoms with Crippen LogP contribution in [0.1, 0.15) is 12.5 Å². The van der Waals surface area contributed by atoms with E-state index in [2.05, 4.69) is 10.4 Å². The topological polar surface area (TPSA) is 93.3 Å². The molecule has 1 N–H and O–H groups in total. The first kappa shape index (κ1) is 18.2. The second-order valence-corrected chi connectivity index (χ2v) is 5.67. The molecule has 27 heavy (non-hydrogen) atoms. The number of aromatic nitrogens is 4. The standard InChI is InChI=1S/C17H15F2N5O3/c1-3-22(13-9-10(2)7-8-14(13)25)16(26)24-17(27)23(20-21-24)15-11(18)5-4-6-12(15)19/h4-9,25H,3H2,1-2H3. The number of halogens is 2. The number of anilines is 1. The van der Waals surface area contributed by atoms with Crippen LogP contribution in [0.25, 0.3) is 5.69 Å². The summed E-state index contributed by atoms with van der Waals surface area (Å²) in [6, 6.07) is 6.74. The molecule has 3 rings (SSSR count). The van der Waals surface area contributed by atoms with Crippen molar-refractivity contribution in [3.05, 3.63) is 64.1 Å². The highest BCUT2D eigenvalue weighted by Crippen LogP contribution is 2.28. The highest BCUT2D eigenvalue weighted by atomic mass is 19.1. The number of hydrogen-bond donors (Lipinski definition) is 1. The molecule has 0 radical (unpaired) electrons. The Morgan fingerprint density at radius 2 is 1.85 bits per heavy atom. The van der Waals surface area contributed by atoms with Gasteiger partial charge in [0.25, 0.3) is 0 Å². The number of aromatic hydroxyl groups is 1. The van der Waals surface area contributed by atoms with E-state index in [9.17, 15) is 23.5 Å². The van der Waals surface area contributed by atoms with Gasteiger partial charge >= 0.3 is 11.7 Å². The number of phenolic OH excluding ortho intramolecular Hbond substituents is 1. The zero-order valence-corrected chi connectivity index (χ0v) is 14.4. The molecule has 0 aliphatic heterocycles. The summed E-state index contributed by atoms with van der Waals surface area (Å²) in [6.45, 7) is 3.50. The fraction of sp³-hybridized carbons (Fsp3) is 0.176. The van der Waals surface area contributed by atoms with Gasteiger partial charge in [-0.1, -0.05) is 12.1 Å². The van der Waals surface area contributed by atoms with Gasteiger partial charge in [-0.25, -0.2) is 18.4 Å². The van der Waals surface area contributed by atoms with Crippen LogP contribution in [0.2, 0.25) is 0 Å². The van der Waals surface area contributed by atoms with Gasteiger partial charge in [-0.2, -0.15) is 4.68 Å². The summed E-state index contributed by atoms with van der Waals surface area (Å²) in [5.41, 5.74) is -0.933. The molecule has 1 amide bonds. The van der Waals surface area contributed by atoms with Gasteiger partial charge in [-0.15, -0.1) is 4.68 Å². The smallest absolute Gasteiger partial charge is 0.377 e. The SMILES string of the molecule is CCN(C(=O)n1nnn(-c2c(F)cccc2F)c1=O)c1cc(C)ccc1O. The number of carbonyl (C=O) groups is 1. The zero-order valence-electron chi connectivity index (χ0n) is 14.4. The monoisotopic (exact) mass is 375 g/mol. The lowest BCUT2D eigenvalue weighted by molar-refractivity contribution is 0.244. The van der Waals surface area contributed by atoms with Crippen molar-refractivity contribution in [3.63, 3.8) is 0 Å². The van der Waals surface area contributed by atoms with Crippen molar-refractivity contribution in [1.29, 1.82) is 0 Å². The molecular formula is C17H15F2N5O3. The first-order valence-electron chi connectivity index (χ1n) is 7.96. The van der Waals surface area contributed by atoms with E-state index in [0.29, 0.717) is 9.36 Å². The number of tetrazole rings is 1. The van der Waals surface area contributed by atoms with E-state index in [1.54, 1.807) is 26.0 Å². The molecule has 3 aromatic rings. The number of amides is 1. The maximum atomic E-state index is 13.9. The van der Waals surface area contributed by atoms with Crippen LogP contribution < -0.4 is 10.6 Å². The highest BCUT2D eigenvalue weighted by Gasteiger charge is 2.25. The molecule has 1 heterocycles. The van der Waals surface area contributed by atoms with E-state index in [1.807, 2.05) is 0 Å². The molecule has 0 bridgehead atoms. The van der Waals surface area contributed by atoms with E-state index in [-0.39, 0.29) is 18.0 Å². The van der Waals surface area contributed by atoms with E-state index in [0.717, 1.165) is 28.7 Å². The van der Waals surface area contributed by atoms with Crippen molar-refractivity contribution in [2.24, 2.45) is 0 Å². The third-order valence-electron chi connectivity index (χ3n) is 3.88. The summed E-state index contributed by atoms with van der Waals surface area (Å²) in [5, 5.41) is 16.9. The van der Waals surface area contributed by atoms with Crippen LogP contribution in [-0.2, 0) is 0 Å². The van der Waals surface area contributed by atoms with E-state index >= 15 is 0 Å². The predicted octanol–water partition coefficient (Wildman–Crippen LogP) is 2.22. The van der Waals surface area contributed by atoms with Gasteiger partial charge in [0.05, 0.1) is 5.69 Å². The van der Waals surface area contributed by atoms with Gasteiger partial charge in [0.1, 0.15) is 11.4 Å². The Balaban J connectivity index is 2.07. The highest BCUT2D eigenvalue weighted by molar-refractivity contribution is 5.94. The van der Waals surface area contributed by atoms with Crippen LogP contribution in [-0.4, -0.2) is 37.5 Å². The summed E-state index contributed by atoms with van der Waals surface area (Å²) in [7, 11) is 0. The molecule has 0 unspecified atom stereocenters. The van der Waals surface area contributed by atoms with Crippen molar-refractivity contribution in [1.82, 2.24) is 19.8 Å². The maximum absolute atomic E-state index is 13.9. The molecular weight excluding hydrogens is 360 g/mol. The van der Waals surface area contributed by atoms with Crippen molar-refractivity contribution in [2.75, 3.05) is 11.4 Å². The fourth-order valence-electron chi connectivity index (χ4n) is 2.57. The van der Waals surface area contributed by atoms with Gasteiger partial charge in [-0.3, -0.25) is 4.90 Å². The summed E-state index contributed by atoms with van der Waals surface area (Å²) in [6.07, 6.45) is 0. The molecule has 0 atom stereocenters. The Morgan fingerprint density at radius 3 is 2.48 bits per heavy atom. The Morgan fingerprint density at radius 1 is 1.19 bits per heavy atom. The number of rotatable bonds is 3. The van der Waals surface area contributed by atoms with Crippen LogP contribution in [0.5, 0.6) is 5.75 Å². The summed E-state index contributed by atoms with van der Waals surface area (Å²) < 4.78 is 28.6. The van der Waals surface area contributed by atoms with Gasteiger partial charge in [0.15, 0.2) is 11.6 Å².